The van der Waals surface area contributed by atoms with Crippen LogP contribution in [0.4, 0.5) is 5.69 Å². The van der Waals surface area contributed by atoms with E-state index >= 15 is 0 Å². The first-order valence-corrected chi connectivity index (χ1v) is 11.2. The third-order valence-corrected chi connectivity index (χ3v) is 5.67. The number of hydrogen-bond donors (Lipinski definition) is 1. The Hall–Kier alpha value is -4.02. The second-order valence-corrected chi connectivity index (χ2v) is 8.03. The molecule has 1 heterocycles. The van der Waals surface area contributed by atoms with Gasteiger partial charge in [0.2, 0.25) is 0 Å². The molecule has 0 aliphatic carbocycles. The number of benzene rings is 3. The van der Waals surface area contributed by atoms with Gasteiger partial charge in [0.05, 0.1) is 28.8 Å². The smallest absolute Gasteiger partial charge is 0.264 e. The van der Waals surface area contributed by atoms with Crippen LogP contribution >= 0.6 is 11.8 Å². The summed E-state index contributed by atoms with van der Waals surface area (Å²) in [6.45, 7) is 2.79. The monoisotopic (exact) mass is 455 g/mol. The first-order valence-electron chi connectivity index (χ1n) is 10.4. The number of amides is 1. The summed E-state index contributed by atoms with van der Waals surface area (Å²) in [6.07, 6.45) is 1.78. The maximum atomic E-state index is 12.5. The van der Waals surface area contributed by atoms with Gasteiger partial charge in [-0.1, -0.05) is 36.4 Å². The van der Waals surface area contributed by atoms with E-state index in [2.05, 4.69) is 16.4 Å². The summed E-state index contributed by atoms with van der Waals surface area (Å²) in [4.78, 5) is 17.5. The van der Waals surface area contributed by atoms with Crippen molar-refractivity contribution in [2.24, 2.45) is 4.99 Å². The van der Waals surface area contributed by atoms with Crippen LogP contribution in [0, 0.1) is 11.3 Å². The van der Waals surface area contributed by atoms with Gasteiger partial charge < -0.3 is 14.8 Å². The molecule has 1 amide bonds. The summed E-state index contributed by atoms with van der Waals surface area (Å²) in [5.74, 6) is 1.19. The molecule has 4 rings (SSSR count). The fourth-order valence-corrected chi connectivity index (χ4v) is 4.00. The van der Waals surface area contributed by atoms with Crippen molar-refractivity contribution in [2.45, 2.75) is 13.5 Å². The van der Waals surface area contributed by atoms with Gasteiger partial charge in [0, 0.05) is 11.1 Å². The molecule has 33 heavy (non-hydrogen) atoms. The highest BCUT2D eigenvalue weighted by Gasteiger charge is 2.24. The Labute approximate surface area is 196 Å². The Bertz CT molecular complexity index is 1260. The van der Waals surface area contributed by atoms with Crippen LogP contribution in [0.15, 0.2) is 82.7 Å². The zero-order chi connectivity index (χ0) is 23.0. The fraction of sp³-hybridized carbons (Fsp3) is 0.115. The van der Waals surface area contributed by atoms with E-state index in [1.54, 1.807) is 12.1 Å². The number of nitrogens with zero attached hydrogens (tertiary/aromatic N) is 2. The molecule has 1 aliphatic rings. The molecule has 1 saturated heterocycles. The quantitative estimate of drug-likeness (QED) is 0.481. The van der Waals surface area contributed by atoms with Crippen LogP contribution in [0.1, 0.15) is 23.6 Å². The number of thioether (sulfide) groups is 1. The predicted octanol–water partition coefficient (Wildman–Crippen LogP) is 5.43. The highest BCUT2D eigenvalue weighted by Crippen LogP contribution is 2.31. The normalized spacial score (nSPS) is 15.3. The zero-order valence-corrected chi connectivity index (χ0v) is 18.8. The highest BCUT2D eigenvalue weighted by atomic mass is 32.2. The van der Waals surface area contributed by atoms with Crippen LogP contribution < -0.4 is 14.8 Å². The lowest BCUT2D eigenvalue weighted by molar-refractivity contribution is -0.115. The molecule has 3 aromatic rings. The van der Waals surface area contributed by atoms with Gasteiger partial charge in [0.15, 0.2) is 5.17 Å². The Morgan fingerprint density at radius 2 is 1.79 bits per heavy atom. The van der Waals surface area contributed by atoms with Crippen LogP contribution in [0.25, 0.3) is 6.08 Å². The van der Waals surface area contributed by atoms with Gasteiger partial charge in [-0.25, -0.2) is 4.99 Å². The average molecular weight is 456 g/mol. The van der Waals surface area contributed by atoms with E-state index in [1.807, 2.05) is 73.7 Å². The molecule has 164 valence electrons. The minimum Gasteiger partial charge on any atom is -0.494 e. The van der Waals surface area contributed by atoms with Crippen molar-refractivity contribution >= 4 is 34.6 Å². The van der Waals surface area contributed by atoms with Crippen LogP contribution in [-0.4, -0.2) is 17.7 Å². The van der Waals surface area contributed by atoms with Crippen molar-refractivity contribution in [2.75, 3.05) is 6.61 Å². The number of carbonyl (C=O) groups is 1. The Balaban J connectivity index is 1.50. The third kappa shape index (κ3) is 5.62. The molecular weight excluding hydrogens is 434 g/mol. The van der Waals surface area contributed by atoms with Crippen molar-refractivity contribution in [3.8, 4) is 17.6 Å². The third-order valence-electron chi connectivity index (χ3n) is 4.76. The molecule has 0 atom stereocenters. The molecule has 0 radical (unpaired) electrons. The van der Waals surface area contributed by atoms with E-state index in [-0.39, 0.29) is 12.5 Å². The van der Waals surface area contributed by atoms with E-state index in [1.165, 1.54) is 11.8 Å². The van der Waals surface area contributed by atoms with Crippen molar-refractivity contribution in [3.63, 3.8) is 0 Å². The number of rotatable bonds is 7. The molecule has 6 nitrogen and oxygen atoms in total. The Morgan fingerprint density at radius 1 is 1.03 bits per heavy atom. The summed E-state index contributed by atoms with van der Waals surface area (Å²) in [7, 11) is 0. The van der Waals surface area contributed by atoms with Crippen LogP contribution in [0.2, 0.25) is 0 Å². The number of ether oxygens (including phenoxy) is 2. The van der Waals surface area contributed by atoms with E-state index in [0.717, 1.165) is 22.6 Å². The average Bonchev–Trinajstić information content (AvgIpc) is 3.18. The first-order chi connectivity index (χ1) is 16.2. The van der Waals surface area contributed by atoms with E-state index < -0.39 is 0 Å². The summed E-state index contributed by atoms with van der Waals surface area (Å²) in [5.41, 5.74) is 2.88. The second-order valence-electron chi connectivity index (χ2n) is 7.00. The molecular formula is C26H21N3O3S. The standard InChI is InChI=1S/C26H21N3O3S/c1-2-31-22-13-11-21(12-14-22)28-26-29-25(30)24(33-26)15-18-7-5-6-10-23(18)32-17-20-9-4-3-8-19(20)16-27/h3-15H,2,17H2,1H3,(H,28,29,30)/b24-15+. The number of aliphatic imine (C=N–C) groups is 1. The minimum atomic E-state index is -0.214. The van der Waals surface area contributed by atoms with Crippen LogP contribution in [0.3, 0.4) is 0 Å². The van der Waals surface area contributed by atoms with Crippen molar-refractivity contribution in [3.05, 3.63) is 94.4 Å². The number of carbonyl (C=O) groups excluding carboxylic acids is 1. The number of amidine groups is 1. The van der Waals surface area contributed by atoms with Crippen LogP contribution in [-0.2, 0) is 11.4 Å². The lowest BCUT2D eigenvalue weighted by Gasteiger charge is -2.10. The number of para-hydroxylation sites is 1. The van der Waals surface area contributed by atoms with E-state index in [9.17, 15) is 10.1 Å². The lowest BCUT2D eigenvalue weighted by Crippen LogP contribution is -2.19. The molecule has 0 unspecified atom stereocenters. The SMILES string of the molecule is CCOc1ccc(N=C2NC(=O)/C(=C\c3ccccc3OCc3ccccc3C#N)S2)cc1. The largest absolute Gasteiger partial charge is 0.494 e. The molecule has 1 N–H and O–H groups in total. The van der Waals surface area contributed by atoms with Crippen LogP contribution in [0.5, 0.6) is 11.5 Å². The van der Waals surface area contributed by atoms with Gasteiger partial charge in [-0.3, -0.25) is 4.79 Å². The van der Waals surface area contributed by atoms with E-state index in [0.29, 0.717) is 28.0 Å². The number of nitriles is 1. The topological polar surface area (TPSA) is 83.7 Å². The lowest BCUT2D eigenvalue weighted by atomic mass is 10.1. The van der Waals surface area contributed by atoms with Crippen molar-refractivity contribution in [1.29, 1.82) is 5.26 Å². The number of hydrogen-bond acceptors (Lipinski definition) is 6. The zero-order valence-electron chi connectivity index (χ0n) is 17.9. The molecule has 1 fully saturated rings. The van der Waals surface area contributed by atoms with Gasteiger partial charge >= 0.3 is 0 Å². The Morgan fingerprint density at radius 3 is 2.58 bits per heavy atom. The maximum absolute atomic E-state index is 12.5. The highest BCUT2D eigenvalue weighted by molar-refractivity contribution is 8.18. The molecule has 0 bridgehead atoms. The molecule has 7 heteroatoms. The van der Waals surface area contributed by atoms with E-state index in [4.69, 9.17) is 9.47 Å². The summed E-state index contributed by atoms with van der Waals surface area (Å²) in [6, 6.07) is 24.4. The van der Waals surface area contributed by atoms with Gasteiger partial charge in [-0.05, 0) is 61.2 Å². The molecule has 0 spiro atoms. The van der Waals surface area contributed by atoms with Gasteiger partial charge in [-0.2, -0.15) is 5.26 Å². The fourth-order valence-electron chi connectivity index (χ4n) is 3.16. The predicted molar refractivity (Wildman–Crippen MR) is 130 cm³/mol. The molecule has 0 saturated carbocycles. The minimum absolute atomic E-state index is 0.214. The molecule has 3 aromatic carbocycles. The maximum Gasteiger partial charge on any atom is 0.264 e. The molecule has 0 aromatic heterocycles. The summed E-state index contributed by atoms with van der Waals surface area (Å²) < 4.78 is 11.4. The van der Waals surface area contributed by atoms with Crippen molar-refractivity contribution < 1.29 is 14.3 Å². The van der Waals surface area contributed by atoms with Gasteiger partial charge in [0.1, 0.15) is 18.1 Å². The first kappa shape index (κ1) is 22.2. The summed E-state index contributed by atoms with van der Waals surface area (Å²) >= 11 is 1.27. The van der Waals surface area contributed by atoms with Gasteiger partial charge in [-0.15, -0.1) is 0 Å². The Kier molecular flexibility index (Phi) is 7.08. The van der Waals surface area contributed by atoms with Gasteiger partial charge in [0.25, 0.3) is 5.91 Å². The summed E-state index contributed by atoms with van der Waals surface area (Å²) in [5, 5.41) is 12.6. The molecule has 1 aliphatic heterocycles. The second kappa shape index (κ2) is 10.5. The van der Waals surface area contributed by atoms with Crippen molar-refractivity contribution in [1.82, 2.24) is 5.32 Å². The number of nitrogens with one attached hydrogen (secondary N) is 1.